The van der Waals surface area contributed by atoms with Gasteiger partial charge in [-0.05, 0) is 18.6 Å². The van der Waals surface area contributed by atoms with Crippen LogP contribution in [0.3, 0.4) is 0 Å². The Morgan fingerprint density at radius 1 is 1.28 bits per heavy atom. The highest BCUT2D eigenvalue weighted by Gasteiger charge is 2.10. The van der Waals surface area contributed by atoms with Gasteiger partial charge in [-0.3, -0.25) is 9.59 Å². The number of nitrogens with one attached hydrogen (secondary N) is 2. The number of hydrogen-bond acceptors (Lipinski definition) is 7. The molecule has 0 aliphatic heterocycles. The number of amides is 2. The van der Waals surface area contributed by atoms with Crippen molar-refractivity contribution in [2.24, 2.45) is 5.10 Å². The van der Waals surface area contributed by atoms with Gasteiger partial charge in [-0.1, -0.05) is 30.4 Å². The molecule has 2 N–H and O–H groups in total. The third-order valence-corrected chi connectivity index (χ3v) is 3.87. The van der Waals surface area contributed by atoms with Crippen molar-refractivity contribution >= 4 is 34.5 Å². The minimum absolute atomic E-state index is 0.0323. The quantitative estimate of drug-likeness (QED) is 0.552. The molecule has 2 aromatic rings. The summed E-state index contributed by atoms with van der Waals surface area (Å²) < 4.78 is 5.20. The molecule has 0 bridgehead atoms. The smallest absolute Gasteiger partial charge is 0.247 e. The van der Waals surface area contributed by atoms with E-state index in [-0.39, 0.29) is 18.2 Å². The monoisotopic (exact) mass is 361 g/mol. The number of hydrazone groups is 1. The van der Waals surface area contributed by atoms with Crippen molar-refractivity contribution in [3.05, 3.63) is 34.8 Å². The van der Waals surface area contributed by atoms with Crippen LogP contribution in [0.4, 0.5) is 5.13 Å². The Kier molecular flexibility index (Phi) is 7.02. The summed E-state index contributed by atoms with van der Waals surface area (Å²) in [6.45, 7) is 1.92. The third kappa shape index (κ3) is 5.96. The van der Waals surface area contributed by atoms with Crippen molar-refractivity contribution in [1.82, 2.24) is 15.6 Å². The molecule has 0 fully saturated rings. The maximum absolute atomic E-state index is 11.9. The van der Waals surface area contributed by atoms with Crippen LogP contribution in [0, 0.1) is 0 Å². The number of carbonyl (C=O) groups excluding carboxylic acids is 2. The molecule has 132 valence electrons. The van der Waals surface area contributed by atoms with Gasteiger partial charge >= 0.3 is 0 Å². The topological polar surface area (TPSA) is 106 Å². The zero-order valence-corrected chi connectivity index (χ0v) is 14.8. The molecule has 0 aliphatic carbocycles. The second kappa shape index (κ2) is 9.48. The number of hydrogen-bond donors (Lipinski definition) is 2. The van der Waals surface area contributed by atoms with E-state index in [9.17, 15) is 9.59 Å². The normalized spacial score (nSPS) is 10.6. The van der Waals surface area contributed by atoms with Gasteiger partial charge in [0.2, 0.25) is 16.9 Å². The highest BCUT2D eigenvalue weighted by molar-refractivity contribution is 7.15. The number of methoxy groups -OCH3 is 1. The maximum atomic E-state index is 11.9. The highest BCUT2D eigenvalue weighted by atomic mass is 32.1. The van der Waals surface area contributed by atoms with Crippen molar-refractivity contribution in [1.29, 1.82) is 0 Å². The van der Waals surface area contributed by atoms with Gasteiger partial charge in [0.15, 0.2) is 0 Å². The Hall–Kier alpha value is -2.81. The zero-order valence-electron chi connectivity index (χ0n) is 14.0. The lowest BCUT2D eigenvalue weighted by atomic mass is 10.2. The fourth-order valence-electron chi connectivity index (χ4n) is 1.91. The molecule has 0 unspecified atom stereocenters. The van der Waals surface area contributed by atoms with E-state index in [0.29, 0.717) is 22.3 Å². The van der Waals surface area contributed by atoms with Crippen LogP contribution in [0.15, 0.2) is 29.4 Å². The molecular formula is C16H19N5O3S. The van der Waals surface area contributed by atoms with E-state index >= 15 is 0 Å². The number of carbonyl (C=O) groups is 2. The maximum Gasteiger partial charge on any atom is 0.247 e. The molecular weight excluding hydrogens is 342 g/mol. The van der Waals surface area contributed by atoms with Crippen molar-refractivity contribution in [2.45, 2.75) is 26.2 Å². The van der Waals surface area contributed by atoms with E-state index in [1.54, 1.807) is 13.2 Å². The summed E-state index contributed by atoms with van der Waals surface area (Å²) in [6.07, 6.45) is 2.72. The first-order valence-corrected chi connectivity index (χ1v) is 8.51. The average molecular weight is 361 g/mol. The molecule has 0 saturated heterocycles. The van der Waals surface area contributed by atoms with Crippen molar-refractivity contribution in [2.75, 3.05) is 12.4 Å². The van der Waals surface area contributed by atoms with Crippen LogP contribution < -0.4 is 15.5 Å². The molecule has 0 saturated carbocycles. The summed E-state index contributed by atoms with van der Waals surface area (Å²) in [5.74, 6) is 0.224. The number of rotatable bonds is 8. The van der Waals surface area contributed by atoms with Gasteiger partial charge in [0.1, 0.15) is 10.8 Å². The summed E-state index contributed by atoms with van der Waals surface area (Å²) in [5.41, 5.74) is 3.18. The Morgan fingerprint density at radius 2 is 2.08 bits per heavy atom. The fraction of sp³-hybridized carbons (Fsp3) is 0.312. The second-order valence-corrected chi connectivity index (χ2v) is 6.07. The summed E-state index contributed by atoms with van der Waals surface area (Å²) in [4.78, 5) is 23.4. The SMILES string of the molecule is CCCC(=O)Nc1nnc(CC(=O)N/N=C\c2ccccc2OC)s1. The molecule has 1 aromatic carbocycles. The molecule has 0 radical (unpaired) electrons. The van der Waals surface area contributed by atoms with Gasteiger partial charge in [0.25, 0.3) is 0 Å². The van der Waals surface area contributed by atoms with Gasteiger partial charge in [-0.2, -0.15) is 5.10 Å². The van der Waals surface area contributed by atoms with Gasteiger partial charge in [0, 0.05) is 12.0 Å². The number of nitrogens with zero attached hydrogens (tertiary/aromatic N) is 3. The molecule has 0 spiro atoms. The molecule has 0 aliphatic rings. The first-order valence-electron chi connectivity index (χ1n) is 7.69. The van der Waals surface area contributed by atoms with Crippen LogP contribution in [-0.2, 0) is 16.0 Å². The first-order chi connectivity index (χ1) is 12.1. The van der Waals surface area contributed by atoms with Gasteiger partial charge in [0.05, 0.1) is 19.7 Å². The van der Waals surface area contributed by atoms with Gasteiger partial charge < -0.3 is 10.1 Å². The number of benzene rings is 1. The predicted molar refractivity (Wildman–Crippen MR) is 95.9 cm³/mol. The molecule has 2 rings (SSSR count). The van der Waals surface area contributed by atoms with E-state index < -0.39 is 0 Å². The molecule has 8 nitrogen and oxygen atoms in total. The molecule has 9 heteroatoms. The predicted octanol–water partition coefficient (Wildman–Crippen LogP) is 1.98. The molecule has 0 atom stereocenters. The van der Waals surface area contributed by atoms with Crippen LogP contribution in [0.5, 0.6) is 5.75 Å². The second-order valence-electron chi connectivity index (χ2n) is 5.01. The van der Waals surface area contributed by atoms with Crippen LogP contribution in [-0.4, -0.2) is 35.3 Å². The number of para-hydroxylation sites is 1. The summed E-state index contributed by atoms with van der Waals surface area (Å²) in [5, 5.41) is 15.2. The first kappa shape index (κ1) is 18.5. The van der Waals surface area contributed by atoms with E-state index in [1.807, 2.05) is 25.1 Å². The van der Waals surface area contributed by atoms with E-state index in [0.717, 1.165) is 23.3 Å². The van der Waals surface area contributed by atoms with Crippen LogP contribution in [0.2, 0.25) is 0 Å². The fourth-order valence-corrected chi connectivity index (χ4v) is 2.66. The van der Waals surface area contributed by atoms with Crippen LogP contribution in [0.25, 0.3) is 0 Å². The Labute approximate surface area is 149 Å². The Morgan fingerprint density at radius 3 is 2.84 bits per heavy atom. The molecule has 25 heavy (non-hydrogen) atoms. The molecule has 2 amide bonds. The number of anilines is 1. The third-order valence-electron chi connectivity index (χ3n) is 3.03. The standard InChI is InChI=1S/C16H19N5O3S/c1-3-6-13(22)18-16-21-20-15(25-16)9-14(23)19-17-10-11-7-4-5-8-12(11)24-2/h4-5,7-8,10H,3,6,9H2,1-2H3,(H,19,23)(H,18,21,22)/b17-10-. The van der Waals surface area contributed by atoms with E-state index in [2.05, 4.69) is 26.0 Å². The van der Waals surface area contributed by atoms with Crippen LogP contribution >= 0.6 is 11.3 Å². The molecule has 1 heterocycles. The van der Waals surface area contributed by atoms with E-state index in [1.165, 1.54) is 6.21 Å². The van der Waals surface area contributed by atoms with E-state index in [4.69, 9.17) is 4.74 Å². The van der Waals surface area contributed by atoms with Crippen LogP contribution in [0.1, 0.15) is 30.3 Å². The molecule has 1 aromatic heterocycles. The largest absolute Gasteiger partial charge is 0.496 e. The van der Waals surface area contributed by atoms with Gasteiger partial charge in [-0.15, -0.1) is 10.2 Å². The lowest BCUT2D eigenvalue weighted by molar-refractivity contribution is -0.120. The van der Waals surface area contributed by atoms with Gasteiger partial charge in [-0.25, -0.2) is 5.43 Å². The lowest BCUT2D eigenvalue weighted by Gasteiger charge is -2.02. The highest BCUT2D eigenvalue weighted by Crippen LogP contribution is 2.16. The van der Waals surface area contributed by atoms with Crippen molar-refractivity contribution < 1.29 is 14.3 Å². The van der Waals surface area contributed by atoms with Crippen molar-refractivity contribution in [3.8, 4) is 5.75 Å². The average Bonchev–Trinajstić information content (AvgIpc) is 3.02. The summed E-state index contributed by atoms with van der Waals surface area (Å²) >= 11 is 1.16. The Bertz CT molecular complexity index is 760. The zero-order chi connectivity index (χ0) is 18.1. The number of aromatic nitrogens is 2. The van der Waals surface area contributed by atoms with Crippen molar-refractivity contribution in [3.63, 3.8) is 0 Å². The lowest BCUT2D eigenvalue weighted by Crippen LogP contribution is -2.19. The summed E-state index contributed by atoms with van der Waals surface area (Å²) in [7, 11) is 1.57. The minimum atomic E-state index is -0.325. The minimum Gasteiger partial charge on any atom is -0.496 e. The number of ether oxygens (including phenoxy) is 1. The summed E-state index contributed by atoms with van der Waals surface area (Å²) in [6, 6.07) is 7.33. The Balaban J connectivity index is 1.85.